The van der Waals surface area contributed by atoms with Gasteiger partial charge in [0.1, 0.15) is 0 Å². The lowest BCUT2D eigenvalue weighted by Gasteiger charge is -2.05. The molecular formula is C3H7NO3. The Morgan fingerprint density at radius 1 is 1.86 bits per heavy atom. The molecule has 0 aromatic rings. The van der Waals surface area contributed by atoms with Crippen LogP contribution < -0.4 is 0 Å². The standard InChI is InChI=1S/C3H7NO3/c1-3(5)4(6)7-2/h6H,1-2H3. The molecule has 0 aliphatic carbocycles. The quantitative estimate of drug-likeness (QED) is 0.370. The first kappa shape index (κ1) is 6.39. The van der Waals surface area contributed by atoms with Crippen LogP contribution in [-0.4, -0.2) is 23.5 Å². The molecule has 0 heterocycles. The molecule has 0 saturated heterocycles. The SMILES string of the molecule is CON(O)C(C)=O. The first-order chi connectivity index (χ1) is 3.18. The molecule has 0 spiro atoms. The molecule has 0 saturated carbocycles. The highest BCUT2D eigenvalue weighted by Crippen LogP contribution is 1.77. The Kier molecular flexibility index (Phi) is 2.32. The summed E-state index contributed by atoms with van der Waals surface area (Å²) < 4.78 is 0. The maximum absolute atomic E-state index is 9.93. The number of hydrogen-bond donors (Lipinski definition) is 1. The van der Waals surface area contributed by atoms with Gasteiger partial charge in [-0.25, -0.2) is 4.84 Å². The molecule has 0 radical (unpaired) electrons. The maximum Gasteiger partial charge on any atom is 0.270 e. The number of hydrogen-bond acceptors (Lipinski definition) is 3. The van der Waals surface area contributed by atoms with E-state index in [1.165, 1.54) is 14.0 Å². The van der Waals surface area contributed by atoms with E-state index in [4.69, 9.17) is 5.21 Å². The zero-order valence-corrected chi connectivity index (χ0v) is 4.21. The summed E-state index contributed by atoms with van der Waals surface area (Å²) in [5.74, 6) is -0.539. The lowest BCUT2D eigenvalue weighted by atomic mass is 10.8. The molecule has 1 amide bonds. The molecule has 0 aliphatic heterocycles. The number of rotatable bonds is 1. The van der Waals surface area contributed by atoms with E-state index in [9.17, 15) is 4.79 Å². The predicted molar refractivity (Wildman–Crippen MR) is 21.3 cm³/mol. The Balaban J connectivity index is 3.34. The van der Waals surface area contributed by atoms with Gasteiger partial charge in [0.15, 0.2) is 0 Å². The minimum atomic E-state index is -0.539. The van der Waals surface area contributed by atoms with E-state index in [0.29, 0.717) is 0 Å². The van der Waals surface area contributed by atoms with Gasteiger partial charge in [-0.2, -0.15) is 0 Å². The van der Waals surface area contributed by atoms with Gasteiger partial charge in [0.2, 0.25) is 0 Å². The molecule has 0 unspecified atom stereocenters. The van der Waals surface area contributed by atoms with E-state index in [2.05, 4.69) is 4.84 Å². The van der Waals surface area contributed by atoms with Crippen molar-refractivity contribution in [3.8, 4) is 0 Å². The van der Waals surface area contributed by atoms with Crippen LogP contribution in [0.5, 0.6) is 0 Å². The van der Waals surface area contributed by atoms with Crippen LogP contribution in [0.15, 0.2) is 0 Å². The molecule has 7 heavy (non-hydrogen) atoms. The molecule has 0 bridgehead atoms. The lowest BCUT2D eigenvalue weighted by Crippen LogP contribution is -2.22. The largest absolute Gasteiger partial charge is 0.270 e. The van der Waals surface area contributed by atoms with Crippen molar-refractivity contribution >= 4 is 5.91 Å². The van der Waals surface area contributed by atoms with Crippen LogP contribution in [-0.2, 0) is 9.63 Å². The van der Waals surface area contributed by atoms with Gasteiger partial charge in [-0.05, 0) is 0 Å². The second kappa shape index (κ2) is 2.54. The lowest BCUT2D eigenvalue weighted by molar-refractivity contribution is -0.300. The highest BCUT2D eigenvalue weighted by atomic mass is 16.9. The fraction of sp³-hybridized carbons (Fsp3) is 0.667. The summed E-state index contributed by atoms with van der Waals surface area (Å²) in [5, 5.41) is 8.35. The van der Waals surface area contributed by atoms with Gasteiger partial charge < -0.3 is 0 Å². The summed E-state index contributed by atoms with van der Waals surface area (Å²) in [5.41, 5.74) is 0. The molecule has 0 atom stereocenters. The minimum absolute atomic E-state index is 0.153. The van der Waals surface area contributed by atoms with Crippen molar-refractivity contribution < 1.29 is 14.8 Å². The summed E-state index contributed by atoms with van der Waals surface area (Å²) in [4.78, 5) is 14.0. The topological polar surface area (TPSA) is 49.8 Å². The van der Waals surface area contributed by atoms with Crippen molar-refractivity contribution in [1.82, 2.24) is 5.23 Å². The van der Waals surface area contributed by atoms with Gasteiger partial charge in [0.25, 0.3) is 5.91 Å². The Bertz CT molecular complexity index is 72.6. The van der Waals surface area contributed by atoms with Crippen LogP contribution in [0, 0.1) is 0 Å². The van der Waals surface area contributed by atoms with Crippen LogP contribution in [0.1, 0.15) is 6.92 Å². The molecular weight excluding hydrogens is 98.0 g/mol. The normalized spacial score (nSPS) is 8.43. The van der Waals surface area contributed by atoms with Crippen LogP contribution in [0.2, 0.25) is 0 Å². The van der Waals surface area contributed by atoms with Crippen LogP contribution >= 0.6 is 0 Å². The van der Waals surface area contributed by atoms with E-state index in [1.54, 1.807) is 0 Å². The van der Waals surface area contributed by atoms with E-state index in [-0.39, 0.29) is 5.23 Å². The summed E-state index contributed by atoms with van der Waals surface area (Å²) in [6, 6.07) is 0. The van der Waals surface area contributed by atoms with Gasteiger partial charge in [0, 0.05) is 6.92 Å². The Labute approximate surface area is 41.2 Å². The molecule has 0 aromatic heterocycles. The third kappa shape index (κ3) is 2.13. The van der Waals surface area contributed by atoms with Crippen LogP contribution in [0.25, 0.3) is 0 Å². The first-order valence-corrected chi connectivity index (χ1v) is 1.72. The fourth-order valence-electron chi connectivity index (χ4n) is 0.129. The van der Waals surface area contributed by atoms with Crippen LogP contribution in [0.3, 0.4) is 0 Å². The van der Waals surface area contributed by atoms with Crippen molar-refractivity contribution in [3.05, 3.63) is 0 Å². The molecule has 0 aromatic carbocycles. The second-order valence-corrected chi connectivity index (χ2v) is 0.975. The number of hydroxylamine groups is 2. The second-order valence-electron chi connectivity index (χ2n) is 0.975. The van der Waals surface area contributed by atoms with Gasteiger partial charge in [-0.1, -0.05) is 5.23 Å². The van der Waals surface area contributed by atoms with Crippen molar-refractivity contribution in [1.29, 1.82) is 0 Å². The number of carbonyl (C=O) groups is 1. The highest BCUT2D eigenvalue weighted by Gasteiger charge is 1.98. The zero-order valence-electron chi connectivity index (χ0n) is 4.21. The van der Waals surface area contributed by atoms with E-state index in [1.807, 2.05) is 0 Å². The van der Waals surface area contributed by atoms with Gasteiger partial charge in [-0.15, -0.1) is 0 Å². The average Bonchev–Trinajstić information content (AvgIpc) is 1.65. The van der Waals surface area contributed by atoms with Gasteiger partial charge >= 0.3 is 0 Å². The molecule has 1 N–H and O–H groups in total. The summed E-state index contributed by atoms with van der Waals surface area (Å²) in [6.45, 7) is 1.18. The van der Waals surface area contributed by atoms with Crippen molar-refractivity contribution in [2.45, 2.75) is 6.92 Å². The van der Waals surface area contributed by atoms with E-state index < -0.39 is 5.91 Å². The van der Waals surface area contributed by atoms with Crippen LogP contribution in [0.4, 0.5) is 0 Å². The molecule has 0 fully saturated rings. The van der Waals surface area contributed by atoms with Gasteiger partial charge in [0.05, 0.1) is 7.11 Å². The summed E-state index contributed by atoms with van der Waals surface area (Å²) in [7, 11) is 1.20. The van der Waals surface area contributed by atoms with E-state index >= 15 is 0 Å². The van der Waals surface area contributed by atoms with Crippen molar-refractivity contribution in [2.24, 2.45) is 0 Å². The summed E-state index contributed by atoms with van der Waals surface area (Å²) in [6.07, 6.45) is 0. The van der Waals surface area contributed by atoms with Crippen molar-refractivity contribution in [2.75, 3.05) is 7.11 Å². The number of nitrogens with zero attached hydrogens (tertiary/aromatic N) is 1. The highest BCUT2D eigenvalue weighted by molar-refractivity contribution is 5.70. The molecule has 4 nitrogen and oxygen atoms in total. The average molecular weight is 105 g/mol. The Morgan fingerprint density at radius 3 is 2.29 bits per heavy atom. The smallest absolute Gasteiger partial charge is 0.270 e. The zero-order chi connectivity index (χ0) is 5.86. The number of amides is 1. The molecule has 4 heteroatoms. The van der Waals surface area contributed by atoms with E-state index in [0.717, 1.165) is 0 Å². The first-order valence-electron chi connectivity index (χ1n) is 1.72. The van der Waals surface area contributed by atoms with Crippen molar-refractivity contribution in [3.63, 3.8) is 0 Å². The third-order valence-electron chi connectivity index (χ3n) is 0.442. The monoisotopic (exact) mass is 105 g/mol. The summed E-state index contributed by atoms with van der Waals surface area (Å²) >= 11 is 0. The Morgan fingerprint density at radius 2 is 2.29 bits per heavy atom. The molecule has 0 aliphatic rings. The molecule has 0 rings (SSSR count). The third-order valence-corrected chi connectivity index (χ3v) is 0.442. The molecule has 42 valence electrons. The Hall–Kier alpha value is -0.610. The minimum Gasteiger partial charge on any atom is -0.270 e. The van der Waals surface area contributed by atoms with Gasteiger partial charge in [-0.3, -0.25) is 10.0 Å². The fourth-order valence-corrected chi connectivity index (χ4v) is 0.129. The maximum atomic E-state index is 9.93. The number of carbonyl (C=O) groups excluding carboxylic acids is 1. The predicted octanol–water partition coefficient (Wildman–Crippen LogP) is -0.215.